The number of aromatic carboxylic acids is 1. The topological polar surface area (TPSA) is 121 Å². The van der Waals surface area contributed by atoms with E-state index >= 15 is 0 Å². The Kier molecular flexibility index (Phi) is 7.80. The van der Waals surface area contributed by atoms with E-state index in [1.165, 1.54) is 11.3 Å². The Morgan fingerprint density at radius 1 is 1.19 bits per heavy atom. The summed E-state index contributed by atoms with van der Waals surface area (Å²) in [6.07, 6.45) is 0.464. The molecule has 3 aromatic heterocycles. The number of methoxy groups -OCH3 is 1. The number of halogens is 1. The number of aryl methyl sites for hydroxylation is 1. The highest BCUT2D eigenvalue weighted by atomic mass is 35.5. The van der Waals surface area contributed by atoms with Crippen molar-refractivity contribution in [2.45, 2.75) is 39.8 Å². The summed E-state index contributed by atoms with van der Waals surface area (Å²) in [7, 11) is 1.55. The number of carbonyl (C=O) groups is 1. The molecule has 5 aromatic rings. The van der Waals surface area contributed by atoms with Gasteiger partial charge in [0.05, 0.1) is 48.7 Å². The Bertz CT molecular complexity index is 1830. The Hall–Kier alpha value is -4.06. The zero-order chi connectivity index (χ0) is 30.3. The van der Waals surface area contributed by atoms with Crippen LogP contribution in [0.1, 0.15) is 52.2 Å². The van der Waals surface area contributed by atoms with E-state index in [1.54, 1.807) is 31.4 Å². The lowest BCUT2D eigenvalue weighted by molar-refractivity contribution is 0.0697. The molecule has 1 aliphatic heterocycles. The second kappa shape index (κ2) is 11.6. The predicted octanol–water partition coefficient (Wildman–Crippen LogP) is 6.39. The Labute approximate surface area is 257 Å². The Balaban J connectivity index is 1.31. The second-order valence-electron chi connectivity index (χ2n) is 11.2. The summed E-state index contributed by atoms with van der Waals surface area (Å²) in [4.78, 5) is 21.4. The summed E-state index contributed by atoms with van der Waals surface area (Å²) in [5, 5.41) is 19.4. The first-order chi connectivity index (χ1) is 20.6. The SMILES string of the molecule is COc1nnc(COc2cccc(-c3cc(Cl)c(Cc4nc5ccc(C(=O)O)cc5n4C4COCC4(C)C)cc3C)n2)s1. The molecule has 1 unspecified atom stereocenters. The van der Waals surface area contributed by atoms with Crippen LogP contribution in [0.3, 0.4) is 0 Å². The smallest absolute Gasteiger partial charge is 0.335 e. The standard InChI is InChI=1S/C31H30ClN5O5S/c1-17-10-19(21(32)13-20(17)22-6-5-7-27(34-22)42-15-28-35-36-30(40-4)43-28)12-26-33-23-9-8-18(29(38)39)11-24(23)37(26)25-14-41-16-31(25,2)3/h5-11,13,25H,12,14-16H2,1-4H3,(H,38,39). The maximum atomic E-state index is 11.8. The minimum Gasteiger partial charge on any atom is -0.478 e. The van der Waals surface area contributed by atoms with Crippen LogP contribution < -0.4 is 9.47 Å². The summed E-state index contributed by atoms with van der Waals surface area (Å²) in [6.45, 7) is 7.69. The number of imidazole rings is 1. The van der Waals surface area contributed by atoms with Crippen molar-refractivity contribution < 1.29 is 24.1 Å². The van der Waals surface area contributed by atoms with Crippen molar-refractivity contribution in [3.63, 3.8) is 0 Å². The molecule has 1 atom stereocenters. The van der Waals surface area contributed by atoms with E-state index in [1.807, 2.05) is 25.1 Å². The fourth-order valence-electron chi connectivity index (χ4n) is 5.41. The number of carboxylic acid groups (broad SMARTS) is 1. The first-order valence-corrected chi connectivity index (χ1v) is 14.9. The summed E-state index contributed by atoms with van der Waals surface area (Å²) in [6, 6.07) is 14.6. The summed E-state index contributed by atoms with van der Waals surface area (Å²) in [5.41, 5.74) is 5.10. The van der Waals surface area contributed by atoms with Crippen LogP contribution in [-0.2, 0) is 17.8 Å². The van der Waals surface area contributed by atoms with Crippen LogP contribution in [-0.4, -0.2) is 56.1 Å². The van der Waals surface area contributed by atoms with Crippen LogP contribution in [0, 0.1) is 12.3 Å². The van der Waals surface area contributed by atoms with Gasteiger partial charge in [0.2, 0.25) is 5.88 Å². The van der Waals surface area contributed by atoms with Crippen LogP contribution in [0.15, 0.2) is 48.5 Å². The molecule has 0 radical (unpaired) electrons. The maximum Gasteiger partial charge on any atom is 0.335 e. The van der Waals surface area contributed by atoms with Crippen molar-refractivity contribution in [1.29, 1.82) is 0 Å². The number of pyridine rings is 1. The quantitative estimate of drug-likeness (QED) is 0.200. The molecule has 222 valence electrons. The van der Waals surface area contributed by atoms with E-state index in [-0.39, 0.29) is 23.6 Å². The van der Waals surface area contributed by atoms with Gasteiger partial charge in [-0.15, -0.1) is 5.10 Å². The van der Waals surface area contributed by atoms with Gasteiger partial charge >= 0.3 is 5.97 Å². The largest absolute Gasteiger partial charge is 0.478 e. The van der Waals surface area contributed by atoms with Gasteiger partial charge in [-0.3, -0.25) is 0 Å². The average Bonchev–Trinajstić information content (AvgIpc) is 3.69. The van der Waals surface area contributed by atoms with Crippen LogP contribution in [0.5, 0.6) is 11.1 Å². The highest BCUT2D eigenvalue weighted by Gasteiger charge is 2.39. The monoisotopic (exact) mass is 619 g/mol. The number of benzene rings is 2. The third-order valence-corrected chi connectivity index (χ3v) is 8.89. The lowest BCUT2D eigenvalue weighted by Crippen LogP contribution is -2.27. The normalized spacial score (nSPS) is 16.1. The van der Waals surface area contributed by atoms with Gasteiger partial charge in [0.1, 0.15) is 12.4 Å². The number of hydrogen-bond donors (Lipinski definition) is 1. The van der Waals surface area contributed by atoms with Crippen molar-refractivity contribution in [2.75, 3.05) is 20.3 Å². The molecule has 6 rings (SSSR count). The van der Waals surface area contributed by atoms with Crippen molar-refractivity contribution in [3.8, 4) is 22.3 Å². The first-order valence-electron chi connectivity index (χ1n) is 13.7. The fraction of sp³-hybridized carbons (Fsp3) is 0.323. The van der Waals surface area contributed by atoms with Gasteiger partial charge in [-0.25, -0.2) is 14.8 Å². The molecule has 0 saturated carbocycles. The molecule has 12 heteroatoms. The number of ether oxygens (including phenoxy) is 3. The average molecular weight is 620 g/mol. The third-order valence-electron chi connectivity index (χ3n) is 7.68. The molecule has 0 spiro atoms. The minimum atomic E-state index is -0.976. The van der Waals surface area contributed by atoms with Crippen molar-refractivity contribution >= 4 is 39.9 Å². The first kappa shape index (κ1) is 29.0. The molecule has 0 aliphatic carbocycles. The summed E-state index contributed by atoms with van der Waals surface area (Å²) in [5.74, 6) is 0.287. The Morgan fingerprint density at radius 3 is 2.74 bits per heavy atom. The van der Waals surface area contributed by atoms with Gasteiger partial charge in [0.15, 0.2) is 5.01 Å². The molecule has 1 fully saturated rings. The van der Waals surface area contributed by atoms with E-state index < -0.39 is 5.97 Å². The summed E-state index contributed by atoms with van der Waals surface area (Å²) >= 11 is 8.22. The van der Waals surface area contributed by atoms with Crippen molar-refractivity contribution in [2.24, 2.45) is 5.41 Å². The number of rotatable bonds is 9. The number of fused-ring (bicyclic) bond motifs is 1. The van der Waals surface area contributed by atoms with Gasteiger partial charge in [-0.2, -0.15) is 0 Å². The predicted molar refractivity (Wildman–Crippen MR) is 163 cm³/mol. The van der Waals surface area contributed by atoms with E-state index in [2.05, 4.69) is 34.7 Å². The van der Waals surface area contributed by atoms with Crippen LogP contribution in [0.2, 0.25) is 5.02 Å². The number of aromatic nitrogens is 5. The van der Waals surface area contributed by atoms with Crippen molar-refractivity contribution in [3.05, 3.63) is 81.1 Å². The van der Waals surface area contributed by atoms with Gasteiger partial charge in [-0.1, -0.05) is 54.0 Å². The van der Waals surface area contributed by atoms with Crippen LogP contribution in [0.4, 0.5) is 0 Å². The minimum absolute atomic E-state index is 0.0103. The second-order valence-corrected chi connectivity index (χ2v) is 12.6. The van der Waals surface area contributed by atoms with Gasteiger partial charge in [-0.05, 0) is 48.4 Å². The van der Waals surface area contributed by atoms with E-state index in [4.69, 9.17) is 35.8 Å². The molecule has 0 amide bonds. The van der Waals surface area contributed by atoms with Gasteiger partial charge < -0.3 is 23.9 Å². The Morgan fingerprint density at radius 2 is 2.02 bits per heavy atom. The molecular weight excluding hydrogens is 590 g/mol. The van der Waals surface area contributed by atoms with Crippen molar-refractivity contribution in [1.82, 2.24) is 24.7 Å². The molecule has 1 aliphatic rings. The van der Waals surface area contributed by atoms with Gasteiger partial charge in [0.25, 0.3) is 5.19 Å². The number of hydrogen-bond acceptors (Lipinski definition) is 9. The molecule has 4 heterocycles. The molecule has 10 nitrogen and oxygen atoms in total. The van der Waals surface area contributed by atoms with Crippen LogP contribution in [0.25, 0.3) is 22.3 Å². The zero-order valence-corrected chi connectivity index (χ0v) is 25.7. The van der Waals surface area contributed by atoms with E-state index in [0.717, 1.165) is 39.2 Å². The molecule has 1 saturated heterocycles. The third kappa shape index (κ3) is 5.80. The maximum absolute atomic E-state index is 11.8. The fourth-order valence-corrected chi connectivity index (χ4v) is 6.21. The molecular formula is C31H30ClN5O5S. The highest BCUT2D eigenvalue weighted by Crippen LogP contribution is 2.41. The van der Waals surface area contributed by atoms with Crippen LogP contribution >= 0.6 is 22.9 Å². The summed E-state index contributed by atoms with van der Waals surface area (Å²) < 4.78 is 19.0. The number of nitrogens with zero attached hydrogens (tertiary/aromatic N) is 5. The lowest BCUT2D eigenvalue weighted by atomic mass is 9.87. The molecule has 43 heavy (non-hydrogen) atoms. The molecule has 2 aromatic carbocycles. The molecule has 0 bridgehead atoms. The van der Waals surface area contributed by atoms with E-state index in [9.17, 15) is 9.90 Å². The van der Waals surface area contributed by atoms with Gasteiger partial charge in [0, 0.05) is 28.5 Å². The van der Waals surface area contributed by atoms with E-state index in [0.29, 0.717) is 40.7 Å². The number of carboxylic acids is 1. The highest BCUT2D eigenvalue weighted by molar-refractivity contribution is 7.13. The lowest BCUT2D eigenvalue weighted by Gasteiger charge is -2.28. The molecule has 1 N–H and O–H groups in total. The zero-order valence-electron chi connectivity index (χ0n) is 24.1.